The van der Waals surface area contributed by atoms with Gasteiger partial charge in [-0.3, -0.25) is 0 Å². The van der Waals surface area contributed by atoms with Crippen LogP contribution in [0.25, 0.3) is 5.52 Å². The summed E-state index contributed by atoms with van der Waals surface area (Å²) in [6, 6.07) is 5.67. The van der Waals surface area contributed by atoms with E-state index in [1.807, 2.05) is 18.2 Å². The Kier molecular flexibility index (Phi) is 2.40. The second-order valence-corrected chi connectivity index (χ2v) is 3.76. The Bertz CT molecular complexity index is 493. The second-order valence-electron chi connectivity index (χ2n) is 2.68. The first-order chi connectivity index (χ1) is 6.74. The van der Waals surface area contributed by atoms with Crippen molar-refractivity contribution < 1.29 is 9.53 Å². The third-order valence-corrected chi connectivity index (χ3v) is 2.92. The molecule has 0 N–H and O–H groups in total. The molecule has 0 amide bonds. The summed E-state index contributed by atoms with van der Waals surface area (Å²) in [7, 11) is 1.35. The fourth-order valence-electron chi connectivity index (χ4n) is 1.20. The van der Waals surface area contributed by atoms with Crippen LogP contribution in [0.4, 0.5) is 0 Å². The van der Waals surface area contributed by atoms with E-state index in [4.69, 9.17) is 0 Å². The summed E-state index contributed by atoms with van der Waals surface area (Å²) in [4.78, 5) is 11.3. The summed E-state index contributed by atoms with van der Waals surface area (Å²) in [5.74, 6) is -0.405. The predicted octanol–water partition coefficient (Wildman–Crippen LogP) is 1.73. The van der Waals surface area contributed by atoms with E-state index in [9.17, 15) is 4.79 Å². The third-order valence-electron chi connectivity index (χ3n) is 1.86. The van der Waals surface area contributed by atoms with Gasteiger partial charge >= 0.3 is 5.97 Å². The molecule has 2 heterocycles. The lowest BCUT2D eigenvalue weighted by Crippen LogP contribution is -2.03. The van der Waals surface area contributed by atoms with Gasteiger partial charge in [-0.05, 0) is 34.7 Å². The molecule has 0 saturated carbocycles. The van der Waals surface area contributed by atoms with Crippen LogP contribution in [0.5, 0.6) is 0 Å². The summed E-state index contributed by atoms with van der Waals surface area (Å²) >= 11 is 2.09. The smallest absolute Gasteiger partial charge is 0.359 e. The highest BCUT2D eigenvalue weighted by Gasteiger charge is 2.16. The third kappa shape index (κ3) is 1.37. The van der Waals surface area contributed by atoms with Gasteiger partial charge in [0, 0.05) is 6.20 Å². The number of rotatable bonds is 1. The van der Waals surface area contributed by atoms with Gasteiger partial charge in [-0.2, -0.15) is 5.10 Å². The maximum Gasteiger partial charge on any atom is 0.359 e. The van der Waals surface area contributed by atoms with Crippen LogP contribution in [0, 0.1) is 3.57 Å². The molecular weight excluding hydrogens is 295 g/mol. The van der Waals surface area contributed by atoms with E-state index in [1.165, 1.54) is 7.11 Å². The number of nitrogens with zero attached hydrogens (tertiary/aromatic N) is 2. The molecule has 0 aliphatic heterocycles. The van der Waals surface area contributed by atoms with Crippen LogP contribution < -0.4 is 0 Å². The van der Waals surface area contributed by atoms with E-state index in [0.29, 0.717) is 5.69 Å². The molecule has 0 aliphatic rings. The van der Waals surface area contributed by atoms with E-state index >= 15 is 0 Å². The summed E-state index contributed by atoms with van der Waals surface area (Å²) in [5, 5.41) is 4.12. The Hall–Kier alpha value is -1.11. The number of hydrogen-bond donors (Lipinski definition) is 0. The van der Waals surface area contributed by atoms with Gasteiger partial charge in [-0.1, -0.05) is 6.07 Å². The van der Waals surface area contributed by atoms with Crippen molar-refractivity contribution in [3.8, 4) is 0 Å². The van der Waals surface area contributed by atoms with Crippen LogP contribution in [-0.4, -0.2) is 22.7 Å². The molecule has 0 radical (unpaired) electrons. The van der Waals surface area contributed by atoms with Gasteiger partial charge in [0.25, 0.3) is 0 Å². The minimum Gasteiger partial charge on any atom is -0.464 e. The zero-order chi connectivity index (χ0) is 10.1. The molecule has 0 bridgehead atoms. The maximum atomic E-state index is 11.3. The molecule has 0 aliphatic carbocycles. The molecule has 2 aromatic rings. The van der Waals surface area contributed by atoms with Crippen LogP contribution in [-0.2, 0) is 4.74 Å². The number of aromatic nitrogens is 2. The van der Waals surface area contributed by atoms with Gasteiger partial charge in [0.15, 0.2) is 5.69 Å². The highest BCUT2D eigenvalue weighted by Crippen LogP contribution is 2.18. The van der Waals surface area contributed by atoms with Gasteiger partial charge in [0.1, 0.15) is 0 Å². The molecule has 14 heavy (non-hydrogen) atoms. The van der Waals surface area contributed by atoms with Crippen LogP contribution >= 0.6 is 22.6 Å². The Balaban J connectivity index is 2.68. The summed E-state index contributed by atoms with van der Waals surface area (Å²) < 4.78 is 7.10. The number of fused-ring (bicyclic) bond motifs is 1. The average molecular weight is 302 g/mol. The molecule has 72 valence electrons. The minimum absolute atomic E-state index is 0.360. The van der Waals surface area contributed by atoms with Crippen molar-refractivity contribution in [2.75, 3.05) is 7.11 Å². The van der Waals surface area contributed by atoms with E-state index in [2.05, 4.69) is 32.4 Å². The lowest BCUT2D eigenvalue weighted by molar-refractivity contribution is 0.0592. The van der Waals surface area contributed by atoms with Gasteiger partial charge in [0.2, 0.25) is 0 Å². The Morgan fingerprint density at radius 2 is 2.36 bits per heavy atom. The molecule has 0 saturated heterocycles. The molecule has 0 atom stereocenters. The molecule has 0 unspecified atom stereocenters. The first-order valence-corrected chi connectivity index (χ1v) is 5.03. The zero-order valence-corrected chi connectivity index (χ0v) is 9.56. The largest absolute Gasteiger partial charge is 0.464 e. The number of hydrogen-bond acceptors (Lipinski definition) is 3. The Morgan fingerprint density at radius 3 is 3.00 bits per heavy atom. The summed E-state index contributed by atoms with van der Waals surface area (Å²) in [6.07, 6.45) is 1.80. The van der Waals surface area contributed by atoms with E-state index in [1.54, 1.807) is 10.7 Å². The topological polar surface area (TPSA) is 43.6 Å². The number of carbonyl (C=O) groups excluding carboxylic acids is 1. The molecule has 2 aromatic heterocycles. The van der Waals surface area contributed by atoms with Crippen molar-refractivity contribution in [1.29, 1.82) is 0 Å². The molecule has 0 aromatic carbocycles. The number of methoxy groups -OCH3 is 1. The molecule has 2 rings (SSSR count). The summed E-state index contributed by atoms with van der Waals surface area (Å²) in [6.45, 7) is 0. The molecule has 0 spiro atoms. The fraction of sp³-hybridized carbons (Fsp3) is 0.111. The number of esters is 1. The number of pyridine rings is 1. The van der Waals surface area contributed by atoms with Crippen LogP contribution in [0.2, 0.25) is 0 Å². The predicted molar refractivity (Wildman–Crippen MR) is 59.2 cm³/mol. The van der Waals surface area contributed by atoms with Gasteiger partial charge in [-0.25, -0.2) is 9.31 Å². The van der Waals surface area contributed by atoms with Crippen LogP contribution in [0.3, 0.4) is 0 Å². The SMILES string of the molecule is COC(=O)c1nn2ccccc2c1I. The fourth-order valence-corrected chi connectivity index (χ4v) is 1.95. The average Bonchev–Trinajstić information content (AvgIpc) is 2.56. The van der Waals surface area contributed by atoms with Gasteiger partial charge < -0.3 is 4.74 Å². The van der Waals surface area contributed by atoms with Crippen molar-refractivity contribution in [3.63, 3.8) is 0 Å². The Labute approximate surface area is 94.0 Å². The Morgan fingerprint density at radius 1 is 1.57 bits per heavy atom. The molecule has 0 fully saturated rings. The first-order valence-electron chi connectivity index (χ1n) is 3.95. The second kappa shape index (κ2) is 3.56. The summed E-state index contributed by atoms with van der Waals surface area (Å²) in [5.41, 5.74) is 1.27. The quantitative estimate of drug-likeness (QED) is 0.595. The van der Waals surface area contributed by atoms with Gasteiger partial charge in [-0.15, -0.1) is 0 Å². The lowest BCUT2D eigenvalue weighted by Gasteiger charge is -1.92. The highest BCUT2D eigenvalue weighted by atomic mass is 127. The van der Waals surface area contributed by atoms with Crippen molar-refractivity contribution in [1.82, 2.24) is 9.61 Å². The van der Waals surface area contributed by atoms with Crippen molar-refractivity contribution >= 4 is 34.1 Å². The van der Waals surface area contributed by atoms with E-state index in [-0.39, 0.29) is 0 Å². The molecule has 5 heteroatoms. The minimum atomic E-state index is -0.405. The number of halogens is 1. The van der Waals surface area contributed by atoms with Crippen molar-refractivity contribution in [3.05, 3.63) is 33.7 Å². The van der Waals surface area contributed by atoms with Gasteiger partial charge in [0.05, 0.1) is 16.2 Å². The van der Waals surface area contributed by atoms with Crippen LogP contribution in [0.15, 0.2) is 24.4 Å². The first kappa shape index (κ1) is 9.45. The maximum absolute atomic E-state index is 11.3. The molecular formula is C9H7IN2O2. The highest BCUT2D eigenvalue weighted by molar-refractivity contribution is 14.1. The standard InChI is InChI=1S/C9H7IN2O2/c1-14-9(13)8-7(10)6-4-2-3-5-12(6)11-8/h2-5H,1H3. The normalized spacial score (nSPS) is 10.4. The van der Waals surface area contributed by atoms with E-state index in [0.717, 1.165) is 9.09 Å². The van der Waals surface area contributed by atoms with Crippen molar-refractivity contribution in [2.24, 2.45) is 0 Å². The zero-order valence-electron chi connectivity index (χ0n) is 7.40. The monoisotopic (exact) mass is 302 g/mol. The van der Waals surface area contributed by atoms with E-state index < -0.39 is 5.97 Å². The molecule has 4 nitrogen and oxygen atoms in total. The van der Waals surface area contributed by atoms with Crippen LogP contribution in [0.1, 0.15) is 10.5 Å². The van der Waals surface area contributed by atoms with Crippen molar-refractivity contribution in [2.45, 2.75) is 0 Å². The number of carbonyl (C=O) groups is 1. The lowest BCUT2D eigenvalue weighted by atomic mass is 10.3. The number of ether oxygens (including phenoxy) is 1.